The average Bonchev–Trinajstić information content (AvgIpc) is 3.09. The maximum Gasteiger partial charge on any atom is 0.414 e. The van der Waals surface area contributed by atoms with E-state index in [1.165, 1.54) is 16.0 Å². The highest BCUT2D eigenvalue weighted by atomic mass is 19.2. The Hall–Kier alpha value is -3.28. The molecular formula is C18H18F3N5O4. The number of nitrogens with one attached hydrogen (secondary N) is 1. The maximum atomic E-state index is 13.4. The number of halogens is 3. The molecule has 0 aliphatic carbocycles. The molecule has 2 aliphatic rings. The molecule has 0 spiro atoms. The number of β-amino-alcohol motifs (C(OH)–C–C–N with tert-alkyl or cyclic N) is 1. The van der Waals surface area contributed by atoms with E-state index >= 15 is 0 Å². The number of amides is 3. The highest BCUT2D eigenvalue weighted by Crippen LogP contribution is 2.29. The Morgan fingerprint density at radius 2 is 1.97 bits per heavy atom. The number of urea groups is 1. The molecule has 1 aromatic carbocycles. The minimum atomic E-state index is -1.62. The van der Waals surface area contributed by atoms with Gasteiger partial charge in [-0.3, -0.25) is 9.58 Å². The molecule has 0 radical (unpaired) electrons. The van der Waals surface area contributed by atoms with Crippen molar-refractivity contribution in [3.05, 3.63) is 41.5 Å². The molecule has 2 aromatic rings. The van der Waals surface area contributed by atoms with Gasteiger partial charge in [0.1, 0.15) is 12.7 Å². The highest BCUT2D eigenvalue weighted by molar-refractivity contribution is 5.91. The van der Waals surface area contributed by atoms with Gasteiger partial charge < -0.3 is 20.1 Å². The van der Waals surface area contributed by atoms with Crippen LogP contribution in [0.3, 0.4) is 0 Å². The summed E-state index contributed by atoms with van der Waals surface area (Å²) in [7, 11) is 0. The topological polar surface area (TPSA) is 99.9 Å². The van der Waals surface area contributed by atoms with Gasteiger partial charge in [0.05, 0.1) is 43.3 Å². The predicted octanol–water partition coefficient (Wildman–Crippen LogP) is 2.05. The molecule has 1 unspecified atom stereocenters. The lowest BCUT2D eigenvalue weighted by Gasteiger charge is -2.36. The van der Waals surface area contributed by atoms with E-state index in [1.807, 2.05) is 0 Å². The summed E-state index contributed by atoms with van der Waals surface area (Å²) in [6, 6.07) is 0.379. The maximum absolute atomic E-state index is 13.4. The highest BCUT2D eigenvalue weighted by Gasteiger charge is 2.35. The molecule has 1 saturated heterocycles. The summed E-state index contributed by atoms with van der Waals surface area (Å²) in [6.07, 6.45) is -0.0422. The standard InChI is InChI=1S/C18H18F3N5O4/c1-9-5-26-15(14(4-22-26)25-6-11(27)8-30-18(25)29)7-24(9)17(28)23-10-2-12(19)16(21)13(20)3-10/h2-4,9,11,27H,5-8H2,1H3,(H,23,28)/t9-,11?/m0/s1. The average molecular weight is 425 g/mol. The van der Waals surface area contributed by atoms with E-state index < -0.39 is 35.7 Å². The number of hydrogen-bond donors (Lipinski definition) is 2. The van der Waals surface area contributed by atoms with Gasteiger partial charge in [0.15, 0.2) is 17.5 Å². The second kappa shape index (κ2) is 7.52. The zero-order valence-corrected chi connectivity index (χ0v) is 15.8. The molecule has 9 nitrogen and oxygen atoms in total. The number of nitrogens with zero attached hydrogens (tertiary/aromatic N) is 4. The number of carbonyl (C=O) groups is 2. The largest absolute Gasteiger partial charge is 0.446 e. The van der Waals surface area contributed by atoms with Crippen LogP contribution >= 0.6 is 0 Å². The van der Waals surface area contributed by atoms with Gasteiger partial charge in [-0.05, 0) is 6.92 Å². The molecule has 160 valence electrons. The van der Waals surface area contributed by atoms with Gasteiger partial charge in [-0.2, -0.15) is 5.10 Å². The molecule has 2 atom stereocenters. The second-order valence-electron chi connectivity index (χ2n) is 7.16. The number of benzene rings is 1. The van der Waals surface area contributed by atoms with Crippen molar-refractivity contribution < 1.29 is 32.6 Å². The lowest BCUT2D eigenvalue weighted by molar-refractivity contribution is 0.0539. The number of aliphatic hydroxyl groups excluding tert-OH is 1. The van der Waals surface area contributed by atoms with Crippen LogP contribution in [0, 0.1) is 17.5 Å². The molecule has 3 heterocycles. The summed E-state index contributed by atoms with van der Waals surface area (Å²) in [5.74, 6) is -4.46. The minimum Gasteiger partial charge on any atom is -0.446 e. The fourth-order valence-electron chi connectivity index (χ4n) is 3.49. The first-order chi connectivity index (χ1) is 14.2. The van der Waals surface area contributed by atoms with E-state index in [9.17, 15) is 27.9 Å². The number of carbonyl (C=O) groups excluding carboxylic acids is 2. The fourth-order valence-corrected chi connectivity index (χ4v) is 3.49. The number of rotatable bonds is 2. The third-order valence-electron chi connectivity index (χ3n) is 5.02. The van der Waals surface area contributed by atoms with E-state index in [0.717, 1.165) is 0 Å². The normalized spacial score (nSPS) is 21.3. The first-order valence-corrected chi connectivity index (χ1v) is 9.13. The van der Waals surface area contributed by atoms with Gasteiger partial charge in [-0.25, -0.2) is 22.8 Å². The first-order valence-electron chi connectivity index (χ1n) is 9.13. The van der Waals surface area contributed by atoms with Gasteiger partial charge in [0.2, 0.25) is 0 Å². The van der Waals surface area contributed by atoms with Crippen LogP contribution in [0.25, 0.3) is 0 Å². The van der Waals surface area contributed by atoms with Crippen molar-refractivity contribution in [1.82, 2.24) is 14.7 Å². The summed E-state index contributed by atoms with van der Waals surface area (Å²) in [5, 5.41) is 16.4. The predicted molar refractivity (Wildman–Crippen MR) is 97.3 cm³/mol. The van der Waals surface area contributed by atoms with Gasteiger partial charge in [-0.1, -0.05) is 0 Å². The Kier molecular flexibility index (Phi) is 5.02. The molecule has 0 bridgehead atoms. The molecule has 2 aliphatic heterocycles. The van der Waals surface area contributed by atoms with Gasteiger partial charge in [-0.15, -0.1) is 0 Å². The Bertz CT molecular complexity index is 991. The van der Waals surface area contributed by atoms with Crippen LogP contribution in [-0.2, 0) is 17.8 Å². The van der Waals surface area contributed by atoms with Crippen molar-refractivity contribution in [1.29, 1.82) is 0 Å². The SMILES string of the molecule is C[C@H]1Cn2ncc(N3CC(O)COC3=O)c2CN1C(=O)Nc1cc(F)c(F)c(F)c1. The summed E-state index contributed by atoms with van der Waals surface area (Å²) in [4.78, 5) is 27.5. The number of fused-ring (bicyclic) bond motifs is 1. The van der Waals surface area contributed by atoms with Crippen LogP contribution < -0.4 is 10.2 Å². The Labute approximate surface area is 168 Å². The summed E-state index contributed by atoms with van der Waals surface area (Å²) < 4.78 is 46.6. The van der Waals surface area contributed by atoms with E-state index in [1.54, 1.807) is 11.6 Å². The van der Waals surface area contributed by atoms with Crippen LogP contribution in [0.2, 0.25) is 0 Å². The third kappa shape index (κ3) is 3.54. The second-order valence-corrected chi connectivity index (χ2v) is 7.16. The van der Waals surface area contributed by atoms with Crippen LogP contribution in [-0.4, -0.2) is 57.2 Å². The number of cyclic esters (lactones) is 1. The number of aromatic nitrogens is 2. The van der Waals surface area contributed by atoms with Crippen molar-refractivity contribution in [3.8, 4) is 0 Å². The molecule has 12 heteroatoms. The summed E-state index contributed by atoms with van der Waals surface area (Å²) >= 11 is 0. The van der Waals surface area contributed by atoms with Crippen LogP contribution in [0.4, 0.5) is 34.1 Å². The summed E-state index contributed by atoms with van der Waals surface area (Å²) in [5.41, 5.74) is 0.693. The van der Waals surface area contributed by atoms with Crippen LogP contribution in [0.1, 0.15) is 12.6 Å². The molecule has 2 N–H and O–H groups in total. The molecule has 0 saturated carbocycles. The number of anilines is 2. The number of hydrogen-bond acceptors (Lipinski definition) is 5. The lowest BCUT2D eigenvalue weighted by atomic mass is 10.1. The zero-order chi connectivity index (χ0) is 21.6. The first kappa shape index (κ1) is 20.0. The quantitative estimate of drug-likeness (QED) is 0.718. The molecule has 4 rings (SSSR count). The molecule has 1 fully saturated rings. The molecular weight excluding hydrogens is 407 g/mol. The Balaban J connectivity index is 1.56. The van der Waals surface area contributed by atoms with Crippen molar-refractivity contribution in [3.63, 3.8) is 0 Å². The number of ether oxygens (including phenoxy) is 1. The fraction of sp³-hybridized carbons (Fsp3) is 0.389. The van der Waals surface area contributed by atoms with E-state index in [4.69, 9.17) is 4.74 Å². The molecule has 3 amide bonds. The summed E-state index contributed by atoms with van der Waals surface area (Å²) in [6.45, 7) is 2.02. The Morgan fingerprint density at radius 1 is 1.27 bits per heavy atom. The van der Waals surface area contributed by atoms with Crippen molar-refractivity contribution >= 4 is 23.5 Å². The zero-order valence-electron chi connectivity index (χ0n) is 15.8. The van der Waals surface area contributed by atoms with Crippen molar-refractivity contribution in [2.45, 2.75) is 32.2 Å². The minimum absolute atomic E-state index is 0.0212. The van der Waals surface area contributed by atoms with Crippen molar-refractivity contribution in [2.24, 2.45) is 0 Å². The van der Waals surface area contributed by atoms with Crippen molar-refractivity contribution in [2.75, 3.05) is 23.4 Å². The monoisotopic (exact) mass is 425 g/mol. The van der Waals surface area contributed by atoms with E-state index in [2.05, 4.69) is 10.4 Å². The van der Waals surface area contributed by atoms with Gasteiger partial charge >= 0.3 is 12.1 Å². The molecule has 1 aromatic heterocycles. The van der Waals surface area contributed by atoms with Gasteiger partial charge in [0.25, 0.3) is 0 Å². The van der Waals surface area contributed by atoms with Crippen LogP contribution in [0.15, 0.2) is 18.3 Å². The van der Waals surface area contributed by atoms with E-state index in [-0.39, 0.29) is 31.4 Å². The smallest absolute Gasteiger partial charge is 0.414 e. The van der Waals surface area contributed by atoms with E-state index in [0.29, 0.717) is 30.1 Å². The Morgan fingerprint density at radius 3 is 2.67 bits per heavy atom. The third-order valence-corrected chi connectivity index (χ3v) is 5.02. The molecule has 30 heavy (non-hydrogen) atoms. The van der Waals surface area contributed by atoms with Crippen LogP contribution in [0.5, 0.6) is 0 Å². The number of aliphatic hydroxyl groups is 1. The lowest BCUT2D eigenvalue weighted by Crippen LogP contribution is -2.49. The van der Waals surface area contributed by atoms with Gasteiger partial charge in [0, 0.05) is 17.8 Å².